The maximum absolute atomic E-state index is 12.8. The zero-order chi connectivity index (χ0) is 21.9. The number of hydrogen-bond acceptors (Lipinski definition) is 5. The molecule has 3 N–H and O–H groups in total. The molecule has 0 aliphatic carbocycles. The fourth-order valence-electron chi connectivity index (χ4n) is 2.44. The summed E-state index contributed by atoms with van der Waals surface area (Å²) in [6.07, 6.45) is -3.05. The normalized spacial score (nSPS) is 15.3. The SMILES string of the molecule is NC1=NC(=O)/C(=C/c2cc(Cl)ccc2OCC(=O)Nc2cccc(C(F)(F)F)c2)S1. The van der Waals surface area contributed by atoms with Crippen LogP contribution in [0.2, 0.25) is 5.02 Å². The van der Waals surface area contributed by atoms with E-state index in [4.69, 9.17) is 22.1 Å². The smallest absolute Gasteiger partial charge is 0.416 e. The van der Waals surface area contributed by atoms with Gasteiger partial charge in [0.05, 0.1) is 10.5 Å². The van der Waals surface area contributed by atoms with Gasteiger partial charge in [0, 0.05) is 16.3 Å². The van der Waals surface area contributed by atoms with Crippen molar-refractivity contribution in [3.63, 3.8) is 0 Å². The van der Waals surface area contributed by atoms with E-state index in [-0.39, 0.29) is 21.5 Å². The second kappa shape index (κ2) is 8.80. The molecule has 11 heteroatoms. The fraction of sp³-hybridized carbons (Fsp3) is 0.105. The molecular weight excluding hydrogens is 443 g/mol. The average Bonchev–Trinajstić information content (AvgIpc) is 2.97. The van der Waals surface area contributed by atoms with E-state index in [0.717, 1.165) is 23.9 Å². The Bertz CT molecular complexity index is 1070. The van der Waals surface area contributed by atoms with Crippen molar-refractivity contribution >= 4 is 52.1 Å². The van der Waals surface area contributed by atoms with Crippen LogP contribution in [0.25, 0.3) is 6.08 Å². The Morgan fingerprint density at radius 2 is 2.03 bits per heavy atom. The lowest BCUT2D eigenvalue weighted by atomic mass is 10.2. The third kappa shape index (κ3) is 5.55. The highest BCUT2D eigenvalue weighted by Gasteiger charge is 2.30. The third-order valence-corrected chi connectivity index (χ3v) is 4.78. The molecule has 0 bridgehead atoms. The highest BCUT2D eigenvalue weighted by Crippen LogP contribution is 2.32. The average molecular weight is 456 g/mol. The molecule has 0 saturated heterocycles. The first-order valence-corrected chi connectivity index (χ1v) is 9.49. The Hall–Kier alpha value is -2.98. The molecule has 0 radical (unpaired) electrons. The predicted octanol–water partition coefficient (Wildman–Crippen LogP) is 4.31. The standard InChI is InChI=1S/C19H13ClF3N3O3S/c20-12-4-5-14(10(6-12)7-15-17(28)26-18(24)30-15)29-9-16(27)25-13-3-1-2-11(8-13)19(21,22)23/h1-8H,9H2,(H,25,27)(H2,24,26,28)/b15-7-. The van der Waals surface area contributed by atoms with Crippen molar-refractivity contribution in [2.45, 2.75) is 6.18 Å². The van der Waals surface area contributed by atoms with Crippen molar-refractivity contribution in [3.8, 4) is 5.75 Å². The number of anilines is 1. The second-order valence-electron chi connectivity index (χ2n) is 5.96. The Balaban J connectivity index is 1.70. The number of nitrogens with zero attached hydrogens (tertiary/aromatic N) is 1. The summed E-state index contributed by atoms with van der Waals surface area (Å²) in [4.78, 5) is 27.7. The van der Waals surface area contributed by atoms with Gasteiger partial charge in [-0.15, -0.1) is 0 Å². The lowest BCUT2D eigenvalue weighted by Crippen LogP contribution is -2.20. The molecule has 0 aromatic heterocycles. The van der Waals surface area contributed by atoms with Crippen molar-refractivity contribution in [1.29, 1.82) is 0 Å². The number of nitrogens with two attached hydrogens (primary N) is 1. The summed E-state index contributed by atoms with van der Waals surface area (Å²) in [5.74, 6) is -0.933. The molecule has 0 unspecified atom stereocenters. The molecular formula is C19H13ClF3N3O3S. The second-order valence-corrected chi connectivity index (χ2v) is 7.46. The minimum absolute atomic E-state index is 0.0163. The monoisotopic (exact) mass is 455 g/mol. The number of amides is 2. The van der Waals surface area contributed by atoms with Gasteiger partial charge in [-0.3, -0.25) is 9.59 Å². The van der Waals surface area contributed by atoms with E-state index in [0.29, 0.717) is 10.6 Å². The van der Waals surface area contributed by atoms with E-state index in [1.165, 1.54) is 36.4 Å². The molecule has 2 aromatic rings. The van der Waals surface area contributed by atoms with E-state index < -0.39 is 30.2 Å². The summed E-state index contributed by atoms with van der Waals surface area (Å²) < 4.78 is 43.8. The number of rotatable bonds is 5. The molecule has 1 aliphatic rings. The number of ether oxygens (including phenoxy) is 1. The van der Waals surface area contributed by atoms with Crippen molar-refractivity contribution in [1.82, 2.24) is 0 Å². The van der Waals surface area contributed by atoms with E-state index in [1.807, 2.05) is 0 Å². The van der Waals surface area contributed by atoms with E-state index in [2.05, 4.69) is 10.3 Å². The number of aliphatic imine (C=N–C) groups is 1. The molecule has 1 heterocycles. The number of carbonyl (C=O) groups excluding carboxylic acids is 2. The highest BCUT2D eigenvalue weighted by atomic mass is 35.5. The van der Waals surface area contributed by atoms with Crippen LogP contribution < -0.4 is 15.8 Å². The number of alkyl halides is 3. The van der Waals surface area contributed by atoms with E-state index in [9.17, 15) is 22.8 Å². The van der Waals surface area contributed by atoms with E-state index in [1.54, 1.807) is 0 Å². The summed E-state index contributed by atoms with van der Waals surface area (Å²) in [6, 6.07) is 8.79. The Morgan fingerprint density at radius 1 is 1.27 bits per heavy atom. The molecule has 3 rings (SSSR count). The first-order valence-electron chi connectivity index (χ1n) is 8.29. The summed E-state index contributed by atoms with van der Waals surface area (Å²) in [5, 5.41) is 2.82. The van der Waals surface area contributed by atoms with Crippen LogP contribution >= 0.6 is 23.4 Å². The number of carbonyl (C=O) groups is 2. The van der Waals surface area contributed by atoms with Crippen LogP contribution in [-0.4, -0.2) is 23.6 Å². The minimum atomic E-state index is -4.52. The van der Waals surface area contributed by atoms with Crippen LogP contribution in [0.3, 0.4) is 0 Å². The van der Waals surface area contributed by atoms with Crippen LogP contribution in [0.1, 0.15) is 11.1 Å². The van der Waals surface area contributed by atoms with Gasteiger partial charge < -0.3 is 15.8 Å². The Morgan fingerprint density at radius 3 is 2.70 bits per heavy atom. The Kier molecular flexibility index (Phi) is 6.37. The van der Waals surface area contributed by atoms with Gasteiger partial charge in [0.2, 0.25) is 0 Å². The molecule has 156 valence electrons. The van der Waals surface area contributed by atoms with Crippen LogP contribution in [0.5, 0.6) is 5.75 Å². The van der Waals surface area contributed by atoms with Gasteiger partial charge in [-0.2, -0.15) is 18.2 Å². The van der Waals surface area contributed by atoms with Crippen LogP contribution in [-0.2, 0) is 15.8 Å². The first kappa shape index (κ1) is 21.7. The molecule has 30 heavy (non-hydrogen) atoms. The zero-order valence-electron chi connectivity index (χ0n) is 15.0. The quantitative estimate of drug-likeness (QED) is 0.655. The van der Waals surface area contributed by atoms with Gasteiger partial charge in [0.15, 0.2) is 11.8 Å². The maximum Gasteiger partial charge on any atom is 0.416 e. The van der Waals surface area contributed by atoms with Gasteiger partial charge in [-0.1, -0.05) is 17.7 Å². The molecule has 0 atom stereocenters. The van der Waals surface area contributed by atoms with Crippen LogP contribution in [0.15, 0.2) is 52.4 Å². The predicted molar refractivity (Wildman–Crippen MR) is 109 cm³/mol. The summed E-state index contributed by atoms with van der Waals surface area (Å²) in [5.41, 5.74) is 5.03. The molecule has 0 saturated carbocycles. The van der Waals surface area contributed by atoms with Gasteiger partial charge in [-0.05, 0) is 54.2 Å². The lowest BCUT2D eigenvalue weighted by Gasteiger charge is -2.12. The summed E-state index contributed by atoms with van der Waals surface area (Å²) in [6.45, 7) is -0.478. The largest absolute Gasteiger partial charge is 0.483 e. The Labute approximate surface area is 177 Å². The van der Waals surface area contributed by atoms with Gasteiger partial charge in [0.1, 0.15) is 5.75 Å². The minimum Gasteiger partial charge on any atom is -0.483 e. The van der Waals surface area contributed by atoms with Crippen LogP contribution in [0, 0.1) is 0 Å². The van der Waals surface area contributed by atoms with Gasteiger partial charge in [0.25, 0.3) is 11.8 Å². The summed E-state index contributed by atoms with van der Waals surface area (Å²) in [7, 11) is 0. The molecule has 2 amide bonds. The molecule has 1 aliphatic heterocycles. The van der Waals surface area contributed by atoms with E-state index >= 15 is 0 Å². The lowest BCUT2D eigenvalue weighted by molar-refractivity contribution is -0.137. The highest BCUT2D eigenvalue weighted by molar-refractivity contribution is 8.18. The number of nitrogens with one attached hydrogen (secondary N) is 1. The number of hydrogen-bond donors (Lipinski definition) is 2. The molecule has 2 aromatic carbocycles. The van der Waals surface area contributed by atoms with Crippen LogP contribution in [0.4, 0.5) is 18.9 Å². The number of amidine groups is 1. The molecule has 0 fully saturated rings. The van der Waals surface area contributed by atoms with Gasteiger partial charge in [-0.25, -0.2) is 0 Å². The fourth-order valence-corrected chi connectivity index (χ4v) is 3.30. The zero-order valence-corrected chi connectivity index (χ0v) is 16.6. The molecule has 0 spiro atoms. The van der Waals surface area contributed by atoms with Crippen molar-refractivity contribution < 1.29 is 27.5 Å². The number of halogens is 4. The molecule has 6 nitrogen and oxygen atoms in total. The van der Waals surface area contributed by atoms with Crippen molar-refractivity contribution in [2.75, 3.05) is 11.9 Å². The maximum atomic E-state index is 12.8. The van der Waals surface area contributed by atoms with Crippen molar-refractivity contribution in [2.24, 2.45) is 10.7 Å². The van der Waals surface area contributed by atoms with Gasteiger partial charge >= 0.3 is 6.18 Å². The van der Waals surface area contributed by atoms with Crippen molar-refractivity contribution in [3.05, 3.63) is 63.5 Å². The number of thioether (sulfide) groups is 1. The number of benzene rings is 2. The summed E-state index contributed by atoms with van der Waals surface area (Å²) >= 11 is 6.97. The first-order chi connectivity index (χ1) is 14.1. The topological polar surface area (TPSA) is 93.8 Å². The third-order valence-electron chi connectivity index (χ3n) is 3.73.